The summed E-state index contributed by atoms with van der Waals surface area (Å²) in [5.74, 6) is 0.617. The molecular formula is C14H12Br2Cl2OS. The van der Waals surface area contributed by atoms with Crippen molar-refractivity contribution in [3.63, 3.8) is 0 Å². The summed E-state index contributed by atoms with van der Waals surface area (Å²) in [4.78, 5) is 1.19. The Morgan fingerprint density at radius 2 is 1.95 bits per heavy atom. The minimum atomic E-state index is 0.0122. The molecule has 0 spiro atoms. The smallest absolute Gasteiger partial charge is 0.139 e. The summed E-state index contributed by atoms with van der Waals surface area (Å²) in [5, 5.41) is 1.21. The maximum Gasteiger partial charge on any atom is 0.139 e. The van der Waals surface area contributed by atoms with Crippen LogP contribution in [0.25, 0.3) is 0 Å². The second-order valence-electron chi connectivity index (χ2n) is 4.21. The van der Waals surface area contributed by atoms with Gasteiger partial charge in [-0.1, -0.05) is 39.1 Å². The van der Waals surface area contributed by atoms with Crippen LogP contribution in [0.5, 0.6) is 5.75 Å². The summed E-state index contributed by atoms with van der Waals surface area (Å²) in [6.07, 6.45) is 0. The average Bonchev–Trinajstić information content (AvgIpc) is 2.73. The van der Waals surface area contributed by atoms with Crippen LogP contribution in [-0.2, 0) is 0 Å². The molecule has 0 saturated heterocycles. The first-order chi connectivity index (χ1) is 9.43. The molecular weight excluding hydrogens is 447 g/mol. The number of rotatable bonds is 4. The molecule has 2 rings (SSSR count). The Hall–Kier alpha value is 0.260. The molecule has 0 bridgehead atoms. The van der Waals surface area contributed by atoms with Gasteiger partial charge in [0.1, 0.15) is 5.75 Å². The molecule has 1 aromatic heterocycles. The predicted octanol–water partition coefficient (Wildman–Crippen LogP) is 7.01. The second-order valence-corrected chi connectivity index (χ2v) is 8.34. The number of alkyl halides is 1. The first-order valence-corrected chi connectivity index (χ1v) is 9.23. The number of hydrogen-bond acceptors (Lipinski definition) is 2. The van der Waals surface area contributed by atoms with E-state index in [-0.39, 0.29) is 4.83 Å². The van der Waals surface area contributed by atoms with Gasteiger partial charge >= 0.3 is 0 Å². The number of hydrogen-bond donors (Lipinski definition) is 0. The summed E-state index contributed by atoms with van der Waals surface area (Å²) in [6.45, 7) is 4.54. The third-order valence-corrected chi connectivity index (χ3v) is 6.86. The van der Waals surface area contributed by atoms with E-state index in [1.807, 2.05) is 13.0 Å². The van der Waals surface area contributed by atoms with Crippen LogP contribution >= 0.6 is 66.4 Å². The van der Waals surface area contributed by atoms with Gasteiger partial charge in [-0.3, -0.25) is 0 Å². The monoisotopic (exact) mass is 456 g/mol. The first kappa shape index (κ1) is 16.6. The molecule has 0 aliphatic carbocycles. The zero-order valence-corrected chi connectivity index (χ0v) is 16.3. The van der Waals surface area contributed by atoms with Crippen LogP contribution in [-0.4, -0.2) is 6.61 Å². The van der Waals surface area contributed by atoms with Crippen molar-refractivity contribution >= 4 is 66.4 Å². The van der Waals surface area contributed by atoms with Crippen LogP contribution in [0.15, 0.2) is 22.0 Å². The highest BCUT2D eigenvalue weighted by Crippen LogP contribution is 2.43. The predicted molar refractivity (Wildman–Crippen MR) is 95.2 cm³/mol. The van der Waals surface area contributed by atoms with E-state index in [2.05, 4.69) is 44.8 Å². The Morgan fingerprint density at radius 1 is 1.25 bits per heavy atom. The molecule has 0 aliphatic rings. The van der Waals surface area contributed by atoms with Crippen molar-refractivity contribution in [3.8, 4) is 5.75 Å². The first-order valence-electron chi connectivity index (χ1n) is 5.95. The largest absolute Gasteiger partial charge is 0.492 e. The lowest BCUT2D eigenvalue weighted by atomic mass is 10.1. The van der Waals surface area contributed by atoms with E-state index in [9.17, 15) is 0 Å². The Labute approximate surface area is 149 Å². The fraction of sp³-hybridized carbons (Fsp3) is 0.286. The quantitative estimate of drug-likeness (QED) is 0.448. The standard InChI is InChI=1S/C14H12Br2Cl2OS/c1-3-19-11-6-9(17)8(5-10(11)18)13(15)12-4-7(2)14(16)20-12/h4-6,13H,3H2,1-2H3. The van der Waals surface area contributed by atoms with Crippen molar-refractivity contribution < 1.29 is 4.74 Å². The van der Waals surface area contributed by atoms with Crippen molar-refractivity contribution in [1.82, 2.24) is 0 Å². The van der Waals surface area contributed by atoms with Crippen LogP contribution in [0, 0.1) is 6.92 Å². The molecule has 108 valence electrons. The van der Waals surface area contributed by atoms with Gasteiger partial charge in [0, 0.05) is 16.0 Å². The normalized spacial score (nSPS) is 12.5. The molecule has 1 atom stereocenters. The molecule has 0 amide bonds. The maximum absolute atomic E-state index is 6.35. The van der Waals surface area contributed by atoms with Crippen LogP contribution in [0.2, 0.25) is 10.0 Å². The van der Waals surface area contributed by atoms with Crippen molar-refractivity contribution in [2.75, 3.05) is 6.61 Å². The van der Waals surface area contributed by atoms with Crippen LogP contribution in [0.3, 0.4) is 0 Å². The molecule has 0 N–H and O–H groups in total. The zero-order valence-electron chi connectivity index (χ0n) is 10.8. The number of halogens is 4. The van der Waals surface area contributed by atoms with E-state index in [1.165, 1.54) is 10.4 Å². The van der Waals surface area contributed by atoms with Gasteiger partial charge in [0.15, 0.2) is 0 Å². The Balaban J connectivity index is 2.39. The van der Waals surface area contributed by atoms with E-state index in [0.717, 1.165) is 9.35 Å². The highest BCUT2D eigenvalue weighted by atomic mass is 79.9. The topological polar surface area (TPSA) is 9.23 Å². The Kier molecular flexibility index (Phi) is 5.83. The zero-order chi connectivity index (χ0) is 14.9. The highest BCUT2D eigenvalue weighted by molar-refractivity contribution is 9.11. The number of ether oxygens (including phenoxy) is 1. The van der Waals surface area contributed by atoms with Gasteiger partial charge in [-0.25, -0.2) is 0 Å². The number of benzene rings is 1. The van der Waals surface area contributed by atoms with Crippen molar-refractivity contribution in [2.24, 2.45) is 0 Å². The lowest BCUT2D eigenvalue weighted by Gasteiger charge is -2.13. The third kappa shape index (κ3) is 3.53. The van der Waals surface area contributed by atoms with E-state index in [4.69, 9.17) is 27.9 Å². The van der Waals surface area contributed by atoms with Gasteiger partial charge in [-0.15, -0.1) is 11.3 Å². The van der Waals surface area contributed by atoms with Gasteiger partial charge in [0.2, 0.25) is 0 Å². The van der Waals surface area contributed by atoms with Crippen molar-refractivity contribution in [2.45, 2.75) is 18.7 Å². The van der Waals surface area contributed by atoms with Gasteiger partial charge in [-0.05, 0) is 53.0 Å². The van der Waals surface area contributed by atoms with Crippen molar-refractivity contribution in [3.05, 3.63) is 48.0 Å². The maximum atomic E-state index is 6.35. The van der Waals surface area contributed by atoms with Crippen molar-refractivity contribution in [1.29, 1.82) is 0 Å². The Bertz CT molecular complexity index is 608. The molecule has 20 heavy (non-hydrogen) atoms. The molecule has 0 radical (unpaired) electrons. The van der Waals surface area contributed by atoms with E-state index < -0.39 is 0 Å². The number of thiophene rings is 1. The molecule has 1 unspecified atom stereocenters. The molecule has 1 heterocycles. The Morgan fingerprint density at radius 3 is 2.50 bits per heavy atom. The molecule has 0 fully saturated rings. The summed E-state index contributed by atoms with van der Waals surface area (Å²) in [7, 11) is 0. The second kappa shape index (κ2) is 7.01. The minimum absolute atomic E-state index is 0.0122. The lowest BCUT2D eigenvalue weighted by molar-refractivity contribution is 0.340. The molecule has 1 aromatic carbocycles. The fourth-order valence-corrected chi connectivity index (χ4v) is 4.75. The van der Waals surface area contributed by atoms with Gasteiger partial charge in [0.25, 0.3) is 0 Å². The van der Waals surface area contributed by atoms with E-state index in [0.29, 0.717) is 22.4 Å². The number of aryl methyl sites for hydroxylation is 1. The summed E-state index contributed by atoms with van der Waals surface area (Å²) in [5.41, 5.74) is 2.15. The van der Waals surface area contributed by atoms with Gasteiger partial charge in [0.05, 0.1) is 20.2 Å². The van der Waals surface area contributed by atoms with Gasteiger partial charge in [-0.2, -0.15) is 0 Å². The molecule has 6 heteroatoms. The third-order valence-electron chi connectivity index (χ3n) is 2.75. The summed E-state index contributed by atoms with van der Waals surface area (Å²) in [6, 6.07) is 5.76. The average molecular weight is 459 g/mol. The van der Waals surface area contributed by atoms with Crippen LogP contribution in [0.4, 0.5) is 0 Å². The molecule has 0 saturated carbocycles. The highest BCUT2D eigenvalue weighted by Gasteiger charge is 2.19. The summed E-state index contributed by atoms with van der Waals surface area (Å²) < 4.78 is 6.57. The lowest BCUT2D eigenvalue weighted by Crippen LogP contribution is -1.96. The molecule has 0 aliphatic heterocycles. The van der Waals surface area contributed by atoms with Crippen LogP contribution in [0.1, 0.15) is 27.8 Å². The van der Waals surface area contributed by atoms with Crippen LogP contribution < -0.4 is 4.74 Å². The molecule has 2 aromatic rings. The SMILES string of the molecule is CCOc1cc(Cl)c(C(Br)c2cc(C)c(Br)s2)cc1Cl. The molecule has 1 nitrogen and oxygen atoms in total. The fourth-order valence-electron chi connectivity index (χ4n) is 1.77. The minimum Gasteiger partial charge on any atom is -0.492 e. The summed E-state index contributed by atoms with van der Waals surface area (Å²) >= 11 is 21.5. The van der Waals surface area contributed by atoms with E-state index in [1.54, 1.807) is 17.4 Å². The van der Waals surface area contributed by atoms with Gasteiger partial charge < -0.3 is 4.74 Å². The van der Waals surface area contributed by atoms with E-state index >= 15 is 0 Å².